The van der Waals surface area contributed by atoms with Gasteiger partial charge in [-0.1, -0.05) is 5.16 Å². The summed E-state index contributed by atoms with van der Waals surface area (Å²) >= 11 is 0. The third-order valence-corrected chi connectivity index (χ3v) is 3.72. The zero-order valence-electron chi connectivity index (χ0n) is 9.69. The van der Waals surface area contributed by atoms with Gasteiger partial charge in [-0.2, -0.15) is 0 Å². The molecule has 5 nitrogen and oxygen atoms in total. The standard InChI is InChI=1S/C11H21N3O2/c12-10(13-15)9-14-6-4-11(5-7-14)3-1-2-8-16-11/h15H,1-9H2,(H2,12,13). The zero-order valence-corrected chi connectivity index (χ0v) is 9.69. The highest BCUT2D eigenvalue weighted by atomic mass is 16.5. The Balaban J connectivity index is 1.81. The van der Waals surface area contributed by atoms with Gasteiger partial charge < -0.3 is 15.7 Å². The number of nitrogens with two attached hydrogens (primary N) is 1. The first-order valence-corrected chi connectivity index (χ1v) is 6.07. The van der Waals surface area contributed by atoms with Crippen LogP contribution in [0.1, 0.15) is 32.1 Å². The Morgan fingerprint density at radius 2 is 2.06 bits per heavy atom. The summed E-state index contributed by atoms with van der Waals surface area (Å²) in [6, 6.07) is 0. The summed E-state index contributed by atoms with van der Waals surface area (Å²) < 4.78 is 5.95. The lowest BCUT2D eigenvalue weighted by molar-refractivity contribution is -0.109. The van der Waals surface area contributed by atoms with Gasteiger partial charge in [0.2, 0.25) is 0 Å². The minimum Gasteiger partial charge on any atom is -0.409 e. The van der Waals surface area contributed by atoms with E-state index >= 15 is 0 Å². The first-order valence-electron chi connectivity index (χ1n) is 6.07. The van der Waals surface area contributed by atoms with E-state index in [1.807, 2.05) is 0 Å². The number of hydrogen-bond acceptors (Lipinski definition) is 4. The lowest BCUT2D eigenvalue weighted by Crippen LogP contribution is -2.49. The Hall–Kier alpha value is -0.810. The normalized spacial score (nSPS) is 27.1. The zero-order chi connectivity index (χ0) is 11.4. The second-order valence-electron chi connectivity index (χ2n) is 4.86. The van der Waals surface area contributed by atoms with Gasteiger partial charge in [-0.15, -0.1) is 0 Å². The summed E-state index contributed by atoms with van der Waals surface area (Å²) in [6.07, 6.45) is 5.84. The van der Waals surface area contributed by atoms with Crippen LogP contribution in [0, 0.1) is 0 Å². The predicted octanol–water partition coefficient (Wildman–Crippen LogP) is 0.768. The van der Waals surface area contributed by atoms with E-state index in [1.54, 1.807) is 0 Å². The Labute approximate surface area is 96.2 Å². The molecule has 2 fully saturated rings. The molecule has 0 amide bonds. The van der Waals surface area contributed by atoms with Gasteiger partial charge in [0.15, 0.2) is 5.84 Å². The van der Waals surface area contributed by atoms with Crippen LogP contribution in [0.5, 0.6) is 0 Å². The van der Waals surface area contributed by atoms with Crippen LogP contribution in [0.3, 0.4) is 0 Å². The number of ether oxygens (including phenoxy) is 1. The Bertz CT molecular complexity index is 252. The minimum absolute atomic E-state index is 0.139. The van der Waals surface area contributed by atoms with E-state index in [0.29, 0.717) is 12.4 Å². The van der Waals surface area contributed by atoms with Crippen molar-refractivity contribution in [1.82, 2.24) is 4.90 Å². The van der Waals surface area contributed by atoms with Gasteiger partial charge in [-0.25, -0.2) is 0 Å². The molecule has 2 aliphatic heterocycles. The highest BCUT2D eigenvalue weighted by Gasteiger charge is 2.36. The van der Waals surface area contributed by atoms with Crippen molar-refractivity contribution in [2.24, 2.45) is 10.9 Å². The predicted molar refractivity (Wildman–Crippen MR) is 61.6 cm³/mol. The molecule has 0 aliphatic carbocycles. The molecule has 3 N–H and O–H groups in total. The van der Waals surface area contributed by atoms with Crippen LogP contribution in [0.15, 0.2) is 5.16 Å². The van der Waals surface area contributed by atoms with E-state index in [4.69, 9.17) is 15.7 Å². The van der Waals surface area contributed by atoms with Crippen LogP contribution < -0.4 is 5.73 Å². The smallest absolute Gasteiger partial charge is 0.153 e. The molecular formula is C11H21N3O2. The molecule has 0 radical (unpaired) electrons. The summed E-state index contributed by atoms with van der Waals surface area (Å²) in [7, 11) is 0. The molecule has 2 saturated heterocycles. The molecule has 5 heteroatoms. The fraction of sp³-hybridized carbons (Fsp3) is 0.909. The quantitative estimate of drug-likeness (QED) is 0.316. The van der Waals surface area contributed by atoms with Crippen LogP contribution in [-0.2, 0) is 4.74 Å². The molecule has 1 spiro atoms. The number of rotatable bonds is 2. The van der Waals surface area contributed by atoms with Crippen LogP contribution in [-0.4, -0.2) is 47.8 Å². The van der Waals surface area contributed by atoms with Crippen LogP contribution in [0.2, 0.25) is 0 Å². The summed E-state index contributed by atoms with van der Waals surface area (Å²) in [6.45, 7) is 3.44. The van der Waals surface area contributed by atoms with Crippen molar-refractivity contribution in [3.05, 3.63) is 0 Å². The van der Waals surface area contributed by atoms with E-state index in [-0.39, 0.29) is 5.60 Å². The molecule has 0 bridgehead atoms. The van der Waals surface area contributed by atoms with Crippen molar-refractivity contribution < 1.29 is 9.94 Å². The van der Waals surface area contributed by atoms with Crippen molar-refractivity contribution in [1.29, 1.82) is 0 Å². The summed E-state index contributed by atoms with van der Waals surface area (Å²) in [5, 5.41) is 11.5. The van der Waals surface area contributed by atoms with Gasteiger partial charge in [0.25, 0.3) is 0 Å². The van der Waals surface area contributed by atoms with Crippen molar-refractivity contribution in [3.8, 4) is 0 Å². The molecular weight excluding hydrogens is 206 g/mol. The molecule has 0 aromatic carbocycles. The van der Waals surface area contributed by atoms with Crippen LogP contribution in [0.25, 0.3) is 0 Å². The monoisotopic (exact) mass is 227 g/mol. The average molecular weight is 227 g/mol. The van der Waals surface area contributed by atoms with Crippen molar-refractivity contribution in [3.63, 3.8) is 0 Å². The van der Waals surface area contributed by atoms with E-state index in [0.717, 1.165) is 32.5 Å². The second kappa shape index (κ2) is 5.01. The lowest BCUT2D eigenvalue weighted by Gasteiger charge is -2.43. The highest BCUT2D eigenvalue weighted by molar-refractivity contribution is 5.81. The van der Waals surface area contributed by atoms with Gasteiger partial charge in [0.1, 0.15) is 0 Å². The number of oxime groups is 1. The fourth-order valence-corrected chi connectivity index (χ4v) is 2.68. The number of nitrogens with zero attached hydrogens (tertiary/aromatic N) is 2. The minimum atomic E-state index is 0.139. The number of piperidine rings is 1. The van der Waals surface area contributed by atoms with Crippen molar-refractivity contribution in [2.75, 3.05) is 26.2 Å². The van der Waals surface area contributed by atoms with Crippen LogP contribution >= 0.6 is 0 Å². The SMILES string of the molecule is N/C(CN1CCC2(CCCCO2)CC1)=N\O. The fourth-order valence-electron chi connectivity index (χ4n) is 2.68. The Morgan fingerprint density at radius 3 is 2.62 bits per heavy atom. The molecule has 0 unspecified atom stereocenters. The van der Waals surface area contributed by atoms with Crippen molar-refractivity contribution >= 4 is 5.84 Å². The highest BCUT2D eigenvalue weighted by Crippen LogP contribution is 2.34. The van der Waals surface area contributed by atoms with Crippen LogP contribution in [0.4, 0.5) is 0 Å². The van der Waals surface area contributed by atoms with E-state index in [1.165, 1.54) is 19.3 Å². The first-order chi connectivity index (χ1) is 7.74. The average Bonchev–Trinajstić information content (AvgIpc) is 2.33. The molecule has 0 saturated carbocycles. The van der Waals surface area contributed by atoms with E-state index < -0.39 is 0 Å². The molecule has 2 rings (SSSR count). The van der Waals surface area contributed by atoms with Crippen molar-refractivity contribution in [2.45, 2.75) is 37.7 Å². The Morgan fingerprint density at radius 1 is 1.31 bits per heavy atom. The topological polar surface area (TPSA) is 71.1 Å². The maximum Gasteiger partial charge on any atom is 0.153 e. The first kappa shape index (κ1) is 11.7. The molecule has 2 heterocycles. The van der Waals surface area contributed by atoms with Gasteiger partial charge in [-0.05, 0) is 32.1 Å². The molecule has 2 aliphatic rings. The Kier molecular flexibility index (Phi) is 3.66. The maximum atomic E-state index is 8.52. The molecule has 0 atom stereocenters. The van der Waals surface area contributed by atoms with Gasteiger partial charge in [0, 0.05) is 19.7 Å². The van der Waals surface area contributed by atoms with Gasteiger partial charge >= 0.3 is 0 Å². The largest absolute Gasteiger partial charge is 0.409 e. The number of likely N-dealkylation sites (tertiary alicyclic amines) is 1. The van der Waals surface area contributed by atoms with E-state index in [9.17, 15) is 0 Å². The summed E-state index contributed by atoms with van der Waals surface area (Å²) in [5.41, 5.74) is 5.64. The molecule has 16 heavy (non-hydrogen) atoms. The van der Waals surface area contributed by atoms with E-state index in [2.05, 4.69) is 10.1 Å². The summed E-state index contributed by atoms with van der Waals surface area (Å²) in [5.74, 6) is 0.292. The number of hydrogen-bond donors (Lipinski definition) is 2. The lowest BCUT2D eigenvalue weighted by atomic mass is 9.84. The number of amidine groups is 1. The molecule has 92 valence electrons. The van der Waals surface area contributed by atoms with Gasteiger partial charge in [0.05, 0.1) is 12.1 Å². The molecule has 0 aromatic rings. The summed E-state index contributed by atoms with van der Waals surface area (Å²) in [4.78, 5) is 2.22. The van der Waals surface area contributed by atoms with Gasteiger partial charge in [-0.3, -0.25) is 4.90 Å². The third kappa shape index (κ3) is 2.65. The maximum absolute atomic E-state index is 8.52. The second-order valence-corrected chi connectivity index (χ2v) is 4.86. The third-order valence-electron chi connectivity index (χ3n) is 3.72. The molecule has 0 aromatic heterocycles.